The van der Waals surface area contributed by atoms with Crippen molar-refractivity contribution in [2.24, 2.45) is 0 Å². The highest BCUT2D eigenvalue weighted by atomic mass is 32.2. The van der Waals surface area contributed by atoms with E-state index in [-0.39, 0.29) is 12.0 Å². The van der Waals surface area contributed by atoms with Crippen LogP contribution >= 0.6 is 11.8 Å². The Morgan fingerprint density at radius 2 is 2.08 bits per heavy atom. The summed E-state index contributed by atoms with van der Waals surface area (Å²) in [5.74, 6) is 0.706. The van der Waals surface area contributed by atoms with E-state index < -0.39 is 0 Å². The first-order chi connectivity index (χ1) is 12.8. The van der Waals surface area contributed by atoms with E-state index in [1.54, 1.807) is 18.5 Å². The normalized spacial score (nSPS) is 16.8. The molecule has 7 heteroatoms. The SMILES string of the molecule is O=C(NCC1CCCO1)c1oc2ccccc2c1CSc1ncccn1. The first-order valence-electron chi connectivity index (χ1n) is 8.61. The van der Waals surface area contributed by atoms with Gasteiger partial charge in [0.25, 0.3) is 5.91 Å². The number of aromatic nitrogens is 2. The number of nitrogens with zero attached hydrogens (tertiary/aromatic N) is 2. The van der Waals surface area contributed by atoms with Crippen molar-refractivity contribution in [2.75, 3.05) is 13.2 Å². The van der Waals surface area contributed by atoms with Gasteiger partial charge in [0.05, 0.1) is 6.10 Å². The van der Waals surface area contributed by atoms with E-state index in [9.17, 15) is 4.79 Å². The highest BCUT2D eigenvalue weighted by molar-refractivity contribution is 7.98. The largest absolute Gasteiger partial charge is 0.451 e. The van der Waals surface area contributed by atoms with Crippen LogP contribution in [0.25, 0.3) is 11.0 Å². The summed E-state index contributed by atoms with van der Waals surface area (Å²) in [6, 6.07) is 9.47. The summed E-state index contributed by atoms with van der Waals surface area (Å²) >= 11 is 1.48. The van der Waals surface area contributed by atoms with Crippen LogP contribution in [0, 0.1) is 0 Å². The van der Waals surface area contributed by atoms with Crippen molar-refractivity contribution in [3.05, 3.63) is 54.0 Å². The Hall–Kier alpha value is -2.38. The Labute approximate surface area is 155 Å². The maximum Gasteiger partial charge on any atom is 0.287 e. The lowest BCUT2D eigenvalue weighted by atomic mass is 10.1. The molecule has 134 valence electrons. The standard InChI is InChI=1S/C19H19N3O3S/c23-18(22-11-13-5-3-10-24-13)17-15(12-26-19-20-8-4-9-21-19)14-6-1-2-7-16(14)25-17/h1-2,4,6-9,13H,3,5,10-12H2,(H,22,23). The van der Waals surface area contributed by atoms with E-state index in [4.69, 9.17) is 9.15 Å². The number of thioether (sulfide) groups is 1. The summed E-state index contributed by atoms with van der Waals surface area (Å²) in [5, 5.41) is 4.55. The fourth-order valence-electron chi connectivity index (χ4n) is 3.01. The van der Waals surface area contributed by atoms with Gasteiger partial charge < -0.3 is 14.5 Å². The van der Waals surface area contributed by atoms with Crippen LogP contribution in [-0.2, 0) is 10.5 Å². The maximum absolute atomic E-state index is 12.7. The minimum absolute atomic E-state index is 0.0962. The van der Waals surface area contributed by atoms with Crippen molar-refractivity contribution in [3.8, 4) is 0 Å². The highest BCUT2D eigenvalue weighted by Gasteiger charge is 2.23. The fraction of sp³-hybridized carbons (Fsp3) is 0.316. The number of amides is 1. The summed E-state index contributed by atoms with van der Waals surface area (Å²) < 4.78 is 11.4. The monoisotopic (exact) mass is 369 g/mol. The molecule has 1 fully saturated rings. The zero-order valence-electron chi connectivity index (χ0n) is 14.2. The molecule has 0 aliphatic carbocycles. The highest BCUT2D eigenvalue weighted by Crippen LogP contribution is 2.31. The van der Waals surface area contributed by atoms with Crippen LogP contribution in [0.1, 0.15) is 29.0 Å². The lowest BCUT2D eigenvalue weighted by Crippen LogP contribution is -2.32. The zero-order chi connectivity index (χ0) is 17.8. The molecule has 3 heterocycles. The Kier molecular flexibility index (Phi) is 5.17. The third-order valence-electron chi connectivity index (χ3n) is 4.31. The molecule has 1 N–H and O–H groups in total. The average molecular weight is 369 g/mol. The number of carbonyl (C=O) groups excluding carboxylic acids is 1. The third-order valence-corrected chi connectivity index (χ3v) is 5.21. The molecule has 1 aliphatic rings. The summed E-state index contributed by atoms with van der Waals surface area (Å²) in [6.07, 6.45) is 5.54. The fourth-order valence-corrected chi connectivity index (χ4v) is 3.85. The Morgan fingerprint density at radius 3 is 2.88 bits per heavy atom. The van der Waals surface area contributed by atoms with Crippen LogP contribution < -0.4 is 5.32 Å². The van der Waals surface area contributed by atoms with Gasteiger partial charge in [0.1, 0.15) is 5.58 Å². The molecule has 6 nitrogen and oxygen atoms in total. The maximum atomic E-state index is 12.7. The summed E-state index contributed by atoms with van der Waals surface area (Å²) in [7, 11) is 0. The molecule has 0 spiro atoms. The van der Waals surface area contributed by atoms with E-state index in [2.05, 4.69) is 15.3 Å². The molecule has 4 rings (SSSR count). The van der Waals surface area contributed by atoms with Crippen LogP contribution in [0.15, 0.2) is 52.3 Å². The van der Waals surface area contributed by atoms with Gasteiger partial charge in [-0.3, -0.25) is 4.79 Å². The molecule has 26 heavy (non-hydrogen) atoms. The molecule has 1 unspecified atom stereocenters. The van der Waals surface area contributed by atoms with Gasteiger partial charge in [-0.25, -0.2) is 9.97 Å². The second kappa shape index (κ2) is 7.88. The second-order valence-electron chi connectivity index (χ2n) is 6.07. The molecule has 2 aromatic heterocycles. The van der Waals surface area contributed by atoms with E-state index in [0.29, 0.717) is 28.8 Å². The predicted octanol–water partition coefficient (Wildman–Crippen LogP) is 3.42. The molecule has 1 aromatic carbocycles. The number of para-hydroxylation sites is 1. The minimum Gasteiger partial charge on any atom is -0.451 e. The van der Waals surface area contributed by atoms with Gasteiger partial charge in [0.15, 0.2) is 10.9 Å². The molecule has 0 saturated carbocycles. The van der Waals surface area contributed by atoms with Crippen molar-refractivity contribution in [2.45, 2.75) is 29.9 Å². The Balaban J connectivity index is 1.55. The van der Waals surface area contributed by atoms with E-state index in [1.807, 2.05) is 24.3 Å². The molecule has 3 aromatic rings. The number of ether oxygens (including phenoxy) is 1. The molecular weight excluding hydrogens is 350 g/mol. The van der Waals surface area contributed by atoms with E-state index in [1.165, 1.54) is 11.8 Å². The van der Waals surface area contributed by atoms with Crippen LogP contribution in [0.4, 0.5) is 0 Å². The van der Waals surface area contributed by atoms with Gasteiger partial charge in [0, 0.05) is 42.2 Å². The summed E-state index contributed by atoms with van der Waals surface area (Å²) in [4.78, 5) is 21.2. The number of furan rings is 1. The molecule has 1 saturated heterocycles. The molecule has 1 aliphatic heterocycles. The summed E-state index contributed by atoms with van der Waals surface area (Å²) in [6.45, 7) is 1.27. The van der Waals surface area contributed by atoms with Crippen LogP contribution in [0.2, 0.25) is 0 Å². The number of fused-ring (bicyclic) bond motifs is 1. The number of hydrogen-bond acceptors (Lipinski definition) is 6. The van der Waals surface area contributed by atoms with Gasteiger partial charge >= 0.3 is 0 Å². The Morgan fingerprint density at radius 1 is 1.23 bits per heavy atom. The quantitative estimate of drug-likeness (QED) is 0.530. The third kappa shape index (κ3) is 3.73. The number of nitrogens with one attached hydrogen (secondary N) is 1. The van der Waals surface area contributed by atoms with E-state index in [0.717, 1.165) is 30.4 Å². The summed E-state index contributed by atoms with van der Waals surface area (Å²) in [5.41, 5.74) is 1.57. The topological polar surface area (TPSA) is 77.2 Å². The van der Waals surface area contributed by atoms with Crippen LogP contribution in [-0.4, -0.2) is 35.1 Å². The molecule has 1 atom stereocenters. The number of carbonyl (C=O) groups is 1. The predicted molar refractivity (Wildman–Crippen MR) is 99.1 cm³/mol. The molecular formula is C19H19N3O3S. The van der Waals surface area contributed by atoms with Gasteiger partial charge in [-0.1, -0.05) is 30.0 Å². The second-order valence-corrected chi connectivity index (χ2v) is 7.01. The van der Waals surface area contributed by atoms with Crippen LogP contribution in [0.3, 0.4) is 0 Å². The number of rotatable bonds is 6. The first kappa shape index (κ1) is 17.1. The van der Waals surface area contributed by atoms with Gasteiger partial charge in [-0.05, 0) is 25.0 Å². The first-order valence-corrected chi connectivity index (χ1v) is 9.60. The number of hydrogen-bond donors (Lipinski definition) is 1. The molecule has 0 radical (unpaired) electrons. The minimum atomic E-state index is -0.207. The van der Waals surface area contributed by atoms with Crippen molar-refractivity contribution >= 4 is 28.6 Å². The van der Waals surface area contributed by atoms with E-state index >= 15 is 0 Å². The van der Waals surface area contributed by atoms with Crippen molar-refractivity contribution < 1.29 is 13.9 Å². The molecule has 0 bridgehead atoms. The zero-order valence-corrected chi connectivity index (χ0v) is 15.0. The van der Waals surface area contributed by atoms with Gasteiger partial charge in [-0.2, -0.15) is 0 Å². The van der Waals surface area contributed by atoms with Crippen LogP contribution in [0.5, 0.6) is 0 Å². The number of benzene rings is 1. The lowest BCUT2D eigenvalue weighted by Gasteiger charge is -2.10. The average Bonchev–Trinajstić information content (AvgIpc) is 3.33. The molecule has 1 amide bonds. The van der Waals surface area contributed by atoms with Crippen molar-refractivity contribution in [3.63, 3.8) is 0 Å². The van der Waals surface area contributed by atoms with Gasteiger partial charge in [0.2, 0.25) is 0 Å². The van der Waals surface area contributed by atoms with Gasteiger partial charge in [-0.15, -0.1) is 0 Å². The van der Waals surface area contributed by atoms with Crippen molar-refractivity contribution in [1.29, 1.82) is 0 Å². The smallest absolute Gasteiger partial charge is 0.287 e. The Bertz CT molecular complexity index is 891. The lowest BCUT2D eigenvalue weighted by molar-refractivity contribution is 0.0836. The van der Waals surface area contributed by atoms with Crippen molar-refractivity contribution in [1.82, 2.24) is 15.3 Å².